The van der Waals surface area contributed by atoms with Gasteiger partial charge in [0.05, 0.1) is 12.5 Å². The van der Waals surface area contributed by atoms with Crippen LogP contribution in [-0.2, 0) is 9.53 Å². The van der Waals surface area contributed by atoms with Gasteiger partial charge in [-0.3, -0.25) is 4.79 Å². The highest BCUT2D eigenvalue weighted by atomic mass is 16.5. The number of methoxy groups -OCH3 is 1. The number of unbranched alkanes of at least 4 members (excludes halogenated alkanes) is 8. The highest BCUT2D eigenvalue weighted by Gasteiger charge is 2.42. The molecule has 2 heteroatoms. The summed E-state index contributed by atoms with van der Waals surface area (Å²) in [5.74, 6) is 2.29. The Bertz CT molecular complexity index is 1020. The third-order valence-electron chi connectivity index (χ3n) is 11.0. The predicted octanol–water partition coefficient (Wildman–Crippen LogP) is 12.2. The van der Waals surface area contributed by atoms with E-state index in [0.29, 0.717) is 5.92 Å². The summed E-state index contributed by atoms with van der Waals surface area (Å²) in [6, 6.07) is 18.8. The Hall–Kier alpha value is -2.09. The summed E-state index contributed by atoms with van der Waals surface area (Å²) in [7, 11) is 1.57. The van der Waals surface area contributed by atoms with Gasteiger partial charge in [0.25, 0.3) is 0 Å². The van der Waals surface area contributed by atoms with Crippen molar-refractivity contribution in [2.45, 2.75) is 154 Å². The van der Waals surface area contributed by atoms with Crippen LogP contribution < -0.4 is 0 Å². The van der Waals surface area contributed by atoms with Crippen LogP contribution in [0.3, 0.4) is 0 Å². The van der Waals surface area contributed by atoms with Crippen LogP contribution in [0.5, 0.6) is 0 Å². The Kier molecular flexibility index (Phi) is 13.5. The quantitative estimate of drug-likeness (QED) is 0.148. The second-order valence-electron chi connectivity index (χ2n) is 13.9. The standard InChI is InChI=1S/C40H60O2/c1-4-6-8-10-12-14-32-15-17-33(18-16-32)34-19-21-35(22-20-34)36-23-25-37(26-24-36)38-27-30-40(31-28-38,39(41)42-3)29-13-11-9-7-5-2/h19-26,32-33,38H,4-18,27-31H2,1-3H3. The van der Waals surface area contributed by atoms with Gasteiger partial charge >= 0.3 is 5.97 Å². The van der Waals surface area contributed by atoms with E-state index in [-0.39, 0.29) is 11.4 Å². The predicted molar refractivity (Wildman–Crippen MR) is 179 cm³/mol. The summed E-state index contributed by atoms with van der Waals surface area (Å²) in [6.07, 6.45) is 25.4. The van der Waals surface area contributed by atoms with E-state index < -0.39 is 0 Å². The van der Waals surface area contributed by atoms with Crippen LogP contribution in [0, 0.1) is 11.3 Å². The van der Waals surface area contributed by atoms with Gasteiger partial charge in [-0.15, -0.1) is 0 Å². The van der Waals surface area contributed by atoms with Crippen molar-refractivity contribution < 1.29 is 9.53 Å². The van der Waals surface area contributed by atoms with Crippen molar-refractivity contribution in [1.82, 2.24) is 0 Å². The van der Waals surface area contributed by atoms with Crippen molar-refractivity contribution in [3.8, 4) is 11.1 Å². The fraction of sp³-hybridized carbons (Fsp3) is 0.675. The van der Waals surface area contributed by atoms with Crippen LogP contribution >= 0.6 is 0 Å². The van der Waals surface area contributed by atoms with Crippen LogP contribution in [0.1, 0.15) is 165 Å². The molecular formula is C40H60O2. The van der Waals surface area contributed by atoms with E-state index in [2.05, 4.69) is 62.4 Å². The van der Waals surface area contributed by atoms with Crippen molar-refractivity contribution in [2.24, 2.45) is 11.3 Å². The molecule has 0 saturated heterocycles. The number of ether oxygens (including phenoxy) is 1. The third-order valence-corrected chi connectivity index (χ3v) is 11.0. The molecule has 4 rings (SSSR count). The molecule has 2 aliphatic carbocycles. The maximum atomic E-state index is 12.8. The molecule has 2 aromatic carbocycles. The van der Waals surface area contributed by atoms with Crippen LogP contribution in [0.25, 0.3) is 11.1 Å². The van der Waals surface area contributed by atoms with Gasteiger partial charge in [0.2, 0.25) is 0 Å². The zero-order valence-electron chi connectivity index (χ0n) is 27.3. The molecule has 0 unspecified atom stereocenters. The minimum atomic E-state index is -0.257. The van der Waals surface area contributed by atoms with Crippen molar-refractivity contribution in [3.63, 3.8) is 0 Å². The van der Waals surface area contributed by atoms with Crippen molar-refractivity contribution in [2.75, 3.05) is 7.11 Å². The molecule has 2 aliphatic rings. The van der Waals surface area contributed by atoms with E-state index in [1.54, 1.807) is 12.7 Å². The van der Waals surface area contributed by atoms with Crippen molar-refractivity contribution >= 4 is 5.97 Å². The molecule has 0 amide bonds. The lowest BCUT2D eigenvalue weighted by atomic mass is 9.66. The van der Waals surface area contributed by atoms with E-state index in [0.717, 1.165) is 50.4 Å². The Morgan fingerprint density at radius 3 is 1.62 bits per heavy atom. The molecule has 2 fully saturated rings. The van der Waals surface area contributed by atoms with Gasteiger partial charge < -0.3 is 4.74 Å². The monoisotopic (exact) mass is 572 g/mol. The zero-order chi connectivity index (χ0) is 29.6. The molecule has 2 nitrogen and oxygen atoms in total. The number of hydrogen-bond donors (Lipinski definition) is 0. The van der Waals surface area contributed by atoms with Crippen LogP contribution in [-0.4, -0.2) is 13.1 Å². The van der Waals surface area contributed by atoms with Gasteiger partial charge in [-0.25, -0.2) is 0 Å². The van der Waals surface area contributed by atoms with E-state index in [9.17, 15) is 4.79 Å². The Morgan fingerprint density at radius 2 is 1.12 bits per heavy atom. The van der Waals surface area contributed by atoms with Gasteiger partial charge in [-0.05, 0) is 97.8 Å². The molecule has 0 bridgehead atoms. The SMILES string of the molecule is CCCCCCCC1CCC(c2ccc(-c3ccc(C4CCC(CCCCCCC)(C(=O)OC)CC4)cc3)cc2)CC1. The molecule has 42 heavy (non-hydrogen) atoms. The van der Waals surface area contributed by atoms with Crippen LogP contribution in [0.2, 0.25) is 0 Å². The lowest BCUT2D eigenvalue weighted by Crippen LogP contribution is -2.36. The first kappa shape index (κ1) is 32.8. The van der Waals surface area contributed by atoms with Gasteiger partial charge in [0, 0.05) is 0 Å². The molecule has 2 saturated carbocycles. The first-order chi connectivity index (χ1) is 20.6. The number of carbonyl (C=O) groups is 1. The Morgan fingerprint density at radius 1 is 0.643 bits per heavy atom. The van der Waals surface area contributed by atoms with Crippen molar-refractivity contribution in [3.05, 3.63) is 59.7 Å². The third kappa shape index (κ3) is 9.20. The molecule has 232 valence electrons. The fourth-order valence-electron chi connectivity index (χ4n) is 8.06. The minimum Gasteiger partial charge on any atom is -0.469 e. The highest BCUT2D eigenvalue weighted by molar-refractivity contribution is 5.77. The smallest absolute Gasteiger partial charge is 0.311 e. The molecule has 0 aromatic heterocycles. The number of carbonyl (C=O) groups excluding carboxylic acids is 1. The van der Waals surface area contributed by atoms with E-state index >= 15 is 0 Å². The van der Waals surface area contributed by atoms with Gasteiger partial charge in [-0.2, -0.15) is 0 Å². The average Bonchev–Trinajstić information content (AvgIpc) is 3.05. The van der Waals surface area contributed by atoms with Crippen molar-refractivity contribution in [1.29, 1.82) is 0 Å². The largest absolute Gasteiger partial charge is 0.469 e. The van der Waals surface area contributed by atoms with E-state index in [1.807, 2.05) is 0 Å². The molecule has 0 spiro atoms. The van der Waals surface area contributed by atoms with E-state index in [1.165, 1.54) is 107 Å². The molecule has 0 aliphatic heterocycles. The Balaban J connectivity index is 1.25. The maximum absolute atomic E-state index is 12.8. The van der Waals surface area contributed by atoms with E-state index in [4.69, 9.17) is 4.74 Å². The first-order valence-corrected chi connectivity index (χ1v) is 17.9. The number of benzene rings is 2. The molecule has 0 atom stereocenters. The lowest BCUT2D eigenvalue weighted by Gasteiger charge is -2.38. The van der Waals surface area contributed by atoms with Gasteiger partial charge in [0.15, 0.2) is 0 Å². The summed E-state index contributed by atoms with van der Waals surface area (Å²) in [5, 5.41) is 0. The van der Waals surface area contributed by atoms with Gasteiger partial charge in [0.1, 0.15) is 0 Å². The molecule has 0 N–H and O–H groups in total. The summed E-state index contributed by atoms with van der Waals surface area (Å²) < 4.78 is 5.31. The molecule has 0 radical (unpaired) electrons. The second-order valence-corrected chi connectivity index (χ2v) is 13.9. The lowest BCUT2D eigenvalue weighted by molar-refractivity contribution is -0.155. The normalized spacial score (nSPS) is 24.4. The highest BCUT2D eigenvalue weighted by Crippen LogP contribution is 2.47. The summed E-state index contributed by atoms with van der Waals surface area (Å²) in [5.41, 5.74) is 5.34. The number of rotatable bonds is 16. The molecule has 2 aromatic rings. The second kappa shape index (κ2) is 17.3. The average molecular weight is 573 g/mol. The Labute approximate surface area is 258 Å². The summed E-state index contributed by atoms with van der Waals surface area (Å²) in [6.45, 7) is 4.55. The summed E-state index contributed by atoms with van der Waals surface area (Å²) in [4.78, 5) is 12.8. The van der Waals surface area contributed by atoms with Crippen LogP contribution in [0.15, 0.2) is 48.5 Å². The minimum absolute atomic E-state index is 0.0288. The fourth-order valence-corrected chi connectivity index (χ4v) is 8.06. The van der Waals surface area contributed by atoms with Crippen LogP contribution in [0.4, 0.5) is 0 Å². The zero-order valence-corrected chi connectivity index (χ0v) is 27.3. The number of esters is 1. The molecule has 0 heterocycles. The summed E-state index contributed by atoms with van der Waals surface area (Å²) >= 11 is 0. The first-order valence-electron chi connectivity index (χ1n) is 17.9. The topological polar surface area (TPSA) is 26.3 Å². The molecular weight excluding hydrogens is 512 g/mol. The van der Waals surface area contributed by atoms with Gasteiger partial charge in [-0.1, -0.05) is 133 Å². The number of hydrogen-bond acceptors (Lipinski definition) is 2. The maximum Gasteiger partial charge on any atom is 0.311 e.